The highest BCUT2D eigenvalue weighted by Gasteiger charge is 2.30. The lowest BCUT2D eigenvalue weighted by molar-refractivity contribution is -0.140. The molecule has 8 nitrogen and oxygen atoms in total. The quantitative estimate of drug-likeness (QED) is 0.690. The fraction of sp³-hybridized carbons (Fsp3) is 0.692. The first-order chi connectivity index (χ1) is 10.9. The third kappa shape index (κ3) is 4.11. The van der Waals surface area contributed by atoms with E-state index in [1.807, 2.05) is 0 Å². The molecule has 1 aromatic heterocycles. The van der Waals surface area contributed by atoms with Crippen molar-refractivity contribution >= 4 is 33.4 Å². The Morgan fingerprint density at radius 2 is 2.22 bits per heavy atom. The lowest BCUT2D eigenvalue weighted by atomic mass is 10.1. The van der Waals surface area contributed by atoms with E-state index in [0.29, 0.717) is 38.1 Å². The van der Waals surface area contributed by atoms with Crippen LogP contribution in [0.4, 0.5) is 0 Å². The van der Waals surface area contributed by atoms with E-state index in [2.05, 4.69) is 10.2 Å². The summed E-state index contributed by atoms with van der Waals surface area (Å²) in [6.45, 7) is 0.476. The van der Waals surface area contributed by atoms with Crippen molar-refractivity contribution in [2.45, 2.75) is 30.9 Å². The van der Waals surface area contributed by atoms with Crippen LogP contribution in [0.15, 0.2) is 9.64 Å². The summed E-state index contributed by atoms with van der Waals surface area (Å²) in [5.41, 5.74) is 0. The summed E-state index contributed by atoms with van der Waals surface area (Å²) < 4.78 is 28.3. The molecule has 126 valence electrons. The van der Waals surface area contributed by atoms with Gasteiger partial charge in [-0.05, 0) is 18.8 Å². The highest BCUT2D eigenvalue weighted by Crippen LogP contribution is 2.24. The molecule has 2 aliphatic heterocycles. The Morgan fingerprint density at radius 1 is 1.39 bits per heavy atom. The first-order valence-electron chi connectivity index (χ1n) is 7.42. The van der Waals surface area contributed by atoms with Crippen molar-refractivity contribution in [2.24, 2.45) is 5.92 Å². The zero-order valence-electron chi connectivity index (χ0n) is 12.4. The predicted molar refractivity (Wildman–Crippen MR) is 81.4 cm³/mol. The average molecular weight is 359 g/mol. The van der Waals surface area contributed by atoms with Gasteiger partial charge in [-0.25, -0.2) is 8.42 Å². The molecule has 0 unspecified atom stereocenters. The molecule has 23 heavy (non-hydrogen) atoms. The Morgan fingerprint density at radius 3 is 2.87 bits per heavy atom. The molecule has 2 saturated heterocycles. The number of likely N-dealkylation sites (tertiary alicyclic amines) is 1. The molecule has 3 heterocycles. The van der Waals surface area contributed by atoms with Crippen molar-refractivity contribution in [2.75, 3.05) is 23.8 Å². The summed E-state index contributed by atoms with van der Waals surface area (Å²) in [5, 5.41) is 8.01. The number of nitrogens with zero attached hydrogens (tertiary/aromatic N) is 3. The molecule has 3 rings (SSSR count). The summed E-state index contributed by atoms with van der Waals surface area (Å²) in [5.74, 6) is 0.467. The summed E-state index contributed by atoms with van der Waals surface area (Å²) in [6.07, 6.45) is 2.18. The topological polar surface area (TPSA) is 110 Å². The van der Waals surface area contributed by atoms with E-state index in [-0.39, 0.29) is 40.2 Å². The van der Waals surface area contributed by atoms with Crippen LogP contribution in [0.3, 0.4) is 0 Å². The number of thioether (sulfide) groups is 1. The molecule has 0 aromatic carbocycles. The molecule has 10 heteroatoms. The Kier molecular flexibility index (Phi) is 4.72. The lowest BCUT2D eigenvalue weighted by Gasteiger charge is -2.11. The molecule has 0 bridgehead atoms. The molecule has 0 spiro atoms. The van der Waals surface area contributed by atoms with Gasteiger partial charge in [-0.3, -0.25) is 14.5 Å². The molecule has 2 aliphatic rings. The highest BCUT2D eigenvalue weighted by molar-refractivity contribution is 7.99. The minimum Gasteiger partial charge on any atom is -0.416 e. The molecule has 2 amide bonds. The van der Waals surface area contributed by atoms with Crippen molar-refractivity contribution in [1.29, 1.82) is 0 Å². The number of hydrogen-bond donors (Lipinski definition) is 0. The first-order valence-corrected chi connectivity index (χ1v) is 10.2. The summed E-state index contributed by atoms with van der Waals surface area (Å²) in [6, 6.07) is 0. The van der Waals surface area contributed by atoms with Gasteiger partial charge in [-0.2, -0.15) is 0 Å². The number of amides is 2. The van der Waals surface area contributed by atoms with Crippen LogP contribution >= 0.6 is 11.8 Å². The van der Waals surface area contributed by atoms with Gasteiger partial charge in [0.25, 0.3) is 5.22 Å². The zero-order valence-corrected chi connectivity index (χ0v) is 14.1. The Hall–Kier alpha value is -1.42. The second-order valence-electron chi connectivity index (χ2n) is 5.77. The fourth-order valence-corrected chi connectivity index (χ4v) is 5.29. The largest absolute Gasteiger partial charge is 0.416 e. The van der Waals surface area contributed by atoms with E-state index in [4.69, 9.17) is 4.42 Å². The van der Waals surface area contributed by atoms with E-state index in [1.165, 1.54) is 4.90 Å². The van der Waals surface area contributed by atoms with Gasteiger partial charge in [0.1, 0.15) is 0 Å². The van der Waals surface area contributed by atoms with E-state index < -0.39 is 9.84 Å². The lowest BCUT2D eigenvalue weighted by Crippen LogP contribution is -2.33. The normalized spacial score (nSPS) is 23.6. The van der Waals surface area contributed by atoms with Gasteiger partial charge in [-0.1, -0.05) is 11.8 Å². The maximum atomic E-state index is 11.9. The van der Waals surface area contributed by atoms with Gasteiger partial charge in [0.2, 0.25) is 17.7 Å². The van der Waals surface area contributed by atoms with Gasteiger partial charge in [0.15, 0.2) is 9.84 Å². The van der Waals surface area contributed by atoms with Crippen molar-refractivity contribution in [3.05, 3.63) is 5.89 Å². The van der Waals surface area contributed by atoms with E-state index in [1.54, 1.807) is 0 Å². The van der Waals surface area contributed by atoms with E-state index in [0.717, 1.165) is 11.8 Å². The van der Waals surface area contributed by atoms with Crippen LogP contribution in [0, 0.1) is 5.92 Å². The maximum absolute atomic E-state index is 11.9. The molecule has 0 saturated carbocycles. The minimum absolute atomic E-state index is 0.0159. The van der Waals surface area contributed by atoms with Crippen molar-refractivity contribution < 1.29 is 22.4 Å². The van der Waals surface area contributed by atoms with Crippen molar-refractivity contribution in [3.8, 4) is 0 Å². The van der Waals surface area contributed by atoms with Gasteiger partial charge in [-0.15, -0.1) is 10.2 Å². The molecule has 0 N–H and O–H groups in total. The number of imide groups is 1. The summed E-state index contributed by atoms with van der Waals surface area (Å²) >= 11 is 1.09. The minimum atomic E-state index is -2.92. The van der Waals surface area contributed by atoms with Crippen LogP contribution in [0.25, 0.3) is 0 Å². The van der Waals surface area contributed by atoms with Crippen LogP contribution in [-0.2, 0) is 25.8 Å². The molecule has 0 aliphatic carbocycles. The Balaban J connectivity index is 1.49. The molecule has 0 radical (unpaired) electrons. The van der Waals surface area contributed by atoms with E-state index in [9.17, 15) is 18.0 Å². The van der Waals surface area contributed by atoms with Gasteiger partial charge in [0.05, 0.1) is 17.3 Å². The van der Waals surface area contributed by atoms with Crippen molar-refractivity contribution in [3.63, 3.8) is 0 Å². The SMILES string of the molecule is O=C1CCCN1C(=O)CSc1nnc(C[C@@H]2CCS(=O)(=O)C2)o1. The molecule has 2 fully saturated rings. The number of carbonyl (C=O) groups is 2. The molecule has 1 atom stereocenters. The summed E-state index contributed by atoms with van der Waals surface area (Å²) in [7, 11) is -2.92. The predicted octanol–water partition coefficient (Wildman–Crippen LogP) is 0.288. The average Bonchev–Trinajstić information content (AvgIpc) is 3.18. The van der Waals surface area contributed by atoms with Crippen molar-refractivity contribution in [1.82, 2.24) is 15.1 Å². The second kappa shape index (κ2) is 6.60. The molecular weight excluding hydrogens is 342 g/mol. The van der Waals surface area contributed by atoms with Gasteiger partial charge < -0.3 is 4.42 Å². The molecule has 1 aromatic rings. The highest BCUT2D eigenvalue weighted by atomic mass is 32.2. The standard InChI is InChI=1S/C13H17N3O5S2/c17-11-2-1-4-16(11)12(18)7-22-13-15-14-10(21-13)6-9-3-5-23(19,20)8-9/h9H,1-8H2/t9-/m0/s1. The summed E-state index contributed by atoms with van der Waals surface area (Å²) in [4.78, 5) is 24.6. The van der Waals surface area contributed by atoms with Gasteiger partial charge >= 0.3 is 0 Å². The molecular formula is C13H17N3O5S2. The number of hydrogen-bond acceptors (Lipinski definition) is 8. The van der Waals surface area contributed by atoms with Crippen LogP contribution in [0.1, 0.15) is 25.2 Å². The number of carbonyl (C=O) groups excluding carboxylic acids is 2. The van der Waals surface area contributed by atoms with E-state index >= 15 is 0 Å². The fourth-order valence-electron chi connectivity index (χ4n) is 2.77. The Bertz CT molecular complexity index is 715. The number of aromatic nitrogens is 2. The number of sulfone groups is 1. The van der Waals surface area contributed by atoms with Crippen LogP contribution in [0.2, 0.25) is 0 Å². The second-order valence-corrected chi connectivity index (χ2v) is 8.92. The number of rotatable bonds is 5. The van der Waals surface area contributed by atoms with Crippen LogP contribution in [-0.4, -0.2) is 59.1 Å². The third-order valence-electron chi connectivity index (χ3n) is 3.93. The smallest absolute Gasteiger partial charge is 0.277 e. The zero-order chi connectivity index (χ0) is 16.4. The maximum Gasteiger partial charge on any atom is 0.277 e. The third-order valence-corrected chi connectivity index (χ3v) is 6.57. The van der Waals surface area contributed by atoms with Crippen LogP contribution in [0.5, 0.6) is 0 Å². The Labute approximate surface area is 137 Å². The van der Waals surface area contributed by atoms with Gasteiger partial charge in [0, 0.05) is 19.4 Å². The monoisotopic (exact) mass is 359 g/mol. The van der Waals surface area contributed by atoms with Crippen LogP contribution < -0.4 is 0 Å². The first kappa shape index (κ1) is 16.4.